The Morgan fingerprint density at radius 3 is 2.58 bits per heavy atom. The number of nitrogen functional groups attached to an aromatic ring is 1. The molecule has 0 amide bonds. The lowest BCUT2D eigenvalue weighted by Crippen LogP contribution is -2.45. The maximum atomic E-state index is 12.6. The van der Waals surface area contributed by atoms with Crippen LogP contribution >= 0.6 is 11.6 Å². The van der Waals surface area contributed by atoms with Gasteiger partial charge in [0.05, 0.1) is 12.3 Å². The predicted molar refractivity (Wildman–Crippen MR) is 74.5 cm³/mol. The summed E-state index contributed by atoms with van der Waals surface area (Å²) in [7, 11) is -3.68. The van der Waals surface area contributed by atoms with Crippen LogP contribution in [0.25, 0.3) is 0 Å². The molecule has 0 radical (unpaired) electrons. The standard InChI is InChI=1S/C12H17ClN2O3S/c13-9-4-5-12(11(14)8-9)19(17,18)15(6-7-16)10-2-1-3-10/h4-5,8,10,16H,1-3,6-7,14H2. The quantitative estimate of drug-likeness (QED) is 0.807. The molecule has 0 aromatic heterocycles. The fourth-order valence-corrected chi connectivity index (χ4v) is 4.11. The molecule has 7 heteroatoms. The monoisotopic (exact) mass is 304 g/mol. The van der Waals surface area contributed by atoms with Gasteiger partial charge in [0.15, 0.2) is 0 Å². The highest BCUT2D eigenvalue weighted by atomic mass is 35.5. The van der Waals surface area contributed by atoms with Gasteiger partial charge in [-0.3, -0.25) is 0 Å². The number of halogens is 1. The highest BCUT2D eigenvalue weighted by Crippen LogP contribution is 2.32. The Bertz CT molecular complexity index is 558. The predicted octanol–water partition coefficient (Wildman–Crippen LogP) is 1.46. The molecular formula is C12H17ClN2O3S. The van der Waals surface area contributed by atoms with Crippen molar-refractivity contribution in [1.82, 2.24) is 4.31 Å². The molecule has 1 aliphatic carbocycles. The van der Waals surface area contributed by atoms with Crippen LogP contribution < -0.4 is 5.73 Å². The zero-order chi connectivity index (χ0) is 14.0. The van der Waals surface area contributed by atoms with Crippen molar-refractivity contribution >= 4 is 27.3 Å². The molecule has 0 atom stereocenters. The topological polar surface area (TPSA) is 83.6 Å². The number of aliphatic hydroxyl groups excluding tert-OH is 1. The summed E-state index contributed by atoms with van der Waals surface area (Å²) in [5.74, 6) is 0. The SMILES string of the molecule is Nc1cc(Cl)ccc1S(=O)(=O)N(CCO)C1CCC1. The summed E-state index contributed by atoms with van der Waals surface area (Å²) in [6.45, 7) is -0.113. The van der Waals surface area contributed by atoms with E-state index in [4.69, 9.17) is 22.4 Å². The van der Waals surface area contributed by atoms with Gasteiger partial charge in [0.25, 0.3) is 0 Å². The van der Waals surface area contributed by atoms with Crippen LogP contribution in [0.1, 0.15) is 19.3 Å². The summed E-state index contributed by atoms with van der Waals surface area (Å²) in [6.07, 6.45) is 2.66. The Labute approximate surface area is 118 Å². The molecule has 0 unspecified atom stereocenters. The van der Waals surface area contributed by atoms with Gasteiger partial charge in [0, 0.05) is 17.6 Å². The van der Waals surface area contributed by atoms with E-state index in [2.05, 4.69) is 0 Å². The lowest BCUT2D eigenvalue weighted by Gasteiger charge is -2.36. The second-order valence-corrected chi connectivity index (χ2v) is 6.90. The van der Waals surface area contributed by atoms with E-state index in [0.29, 0.717) is 5.02 Å². The number of aliphatic hydroxyl groups is 1. The highest BCUT2D eigenvalue weighted by molar-refractivity contribution is 7.89. The molecule has 106 valence electrons. The molecular weight excluding hydrogens is 288 g/mol. The Hall–Kier alpha value is -0.820. The molecule has 0 aliphatic heterocycles. The van der Waals surface area contributed by atoms with Crippen molar-refractivity contribution in [2.24, 2.45) is 0 Å². The van der Waals surface area contributed by atoms with Gasteiger partial charge in [0.1, 0.15) is 4.90 Å². The molecule has 0 bridgehead atoms. The van der Waals surface area contributed by atoms with Crippen LogP contribution in [-0.2, 0) is 10.0 Å². The molecule has 19 heavy (non-hydrogen) atoms. The van der Waals surface area contributed by atoms with Crippen molar-refractivity contribution < 1.29 is 13.5 Å². The normalized spacial score (nSPS) is 16.6. The third-order valence-electron chi connectivity index (χ3n) is 3.36. The first-order chi connectivity index (χ1) is 8.96. The van der Waals surface area contributed by atoms with Gasteiger partial charge in [-0.25, -0.2) is 8.42 Å². The second-order valence-electron chi connectivity index (χ2n) is 4.61. The van der Waals surface area contributed by atoms with Crippen LogP contribution in [0.5, 0.6) is 0 Å². The smallest absolute Gasteiger partial charge is 0.245 e. The summed E-state index contributed by atoms with van der Waals surface area (Å²) in [6, 6.07) is 4.30. The molecule has 0 saturated heterocycles. The number of nitrogens with two attached hydrogens (primary N) is 1. The number of rotatable bonds is 5. The fraction of sp³-hybridized carbons (Fsp3) is 0.500. The molecule has 3 N–H and O–H groups in total. The molecule has 1 aliphatic rings. The first kappa shape index (κ1) is 14.6. The molecule has 0 spiro atoms. The molecule has 1 aromatic carbocycles. The van der Waals surface area contributed by atoms with Gasteiger partial charge >= 0.3 is 0 Å². The van der Waals surface area contributed by atoms with Crippen LogP contribution in [0, 0.1) is 0 Å². The van der Waals surface area contributed by atoms with Gasteiger partial charge < -0.3 is 10.8 Å². The molecule has 1 fully saturated rings. The fourth-order valence-electron chi connectivity index (χ4n) is 2.15. The number of hydrogen-bond donors (Lipinski definition) is 2. The third kappa shape index (κ3) is 2.86. The zero-order valence-electron chi connectivity index (χ0n) is 10.4. The van der Waals surface area contributed by atoms with Crippen molar-refractivity contribution in [3.05, 3.63) is 23.2 Å². The average molecular weight is 305 g/mol. The third-order valence-corrected chi connectivity index (χ3v) is 5.62. The van der Waals surface area contributed by atoms with Crippen LogP contribution in [0.2, 0.25) is 5.02 Å². The summed E-state index contributed by atoms with van der Waals surface area (Å²) in [5.41, 5.74) is 5.88. The maximum Gasteiger partial charge on any atom is 0.245 e. The lowest BCUT2D eigenvalue weighted by molar-refractivity contribution is 0.178. The van der Waals surface area contributed by atoms with Gasteiger partial charge in [-0.1, -0.05) is 18.0 Å². The number of benzene rings is 1. The lowest BCUT2D eigenvalue weighted by atomic mass is 9.93. The minimum atomic E-state index is -3.68. The van der Waals surface area contributed by atoms with E-state index in [1.807, 2.05) is 0 Å². The summed E-state index contributed by atoms with van der Waals surface area (Å²) in [4.78, 5) is 0.0530. The van der Waals surface area contributed by atoms with Crippen molar-refractivity contribution in [3.63, 3.8) is 0 Å². The van der Waals surface area contributed by atoms with Crippen molar-refractivity contribution in [2.45, 2.75) is 30.2 Å². The van der Waals surface area contributed by atoms with Gasteiger partial charge in [-0.15, -0.1) is 0 Å². The number of hydrogen-bond acceptors (Lipinski definition) is 4. The Kier molecular flexibility index (Phi) is 4.35. The maximum absolute atomic E-state index is 12.6. The van der Waals surface area contributed by atoms with E-state index in [1.54, 1.807) is 0 Å². The van der Waals surface area contributed by atoms with Crippen LogP contribution in [0.15, 0.2) is 23.1 Å². The van der Waals surface area contributed by atoms with E-state index in [9.17, 15) is 8.42 Å². The Balaban J connectivity index is 2.38. The first-order valence-electron chi connectivity index (χ1n) is 6.14. The average Bonchev–Trinajstić information content (AvgIpc) is 2.25. The van der Waals surface area contributed by atoms with Crippen LogP contribution in [-0.4, -0.2) is 37.0 Å². The summed E-state index contributed by atoms with van der Waals surface area (Å²) >= 11 is 5.78. The number of sulfonamides is 1. The van der Waals surface area contributed by atoms with E-state index in [-0.39, 0.29) is 29.8 Å². The van der Waals surface area contributed by atoms with Crippen molar-refractivity contribution in [2.75, 3.05) is 18.9 Å². The van der Waals surface area contributed by atoms with Crippen molar-refractivity contribution in [3.8, 4) is 0 Å². The van der Waals surface area contributed by atoms with Gasteiger partial charge in [-0.05, 0) is 31.0 Å². The van der Waals surface area contributed by atoms with E-state index in [0.717, 1.165) is 19.3 Å². The first-order valence-corrected chi connectivity index (χ1v) is 7.96. The van der Waals surface area contributed by atoms with Gasteiger partial charge in [-0.2, -0.15) is 4.31 Å². The largest absolute Gasteiger partial charge is 0.398 e. The minimum absolute atomic E-state index is 0.0350. The number of nitrogens with zero attached hydrogens (tertiary/aromatic N) is 1. The highest BCUT2D eigenvalue weighted by Gasteiger charge is 2.35. The second kappa shape index (κ2) is 5.66. The van der Waals surface area contributed by atoms with Gasteiger partial charge in [0.2, 0.25) is 10.0 Å². The summed E-state index contributed by atoms with van der Waals surface area (Å²) < 4.78 is 26.5. The van der Waals surface area contributed by atoms with Crippen LogP contribution in [0.4, 0.5) is 5.69 Å². The molecule has 2 rings (SSSR count). The van der Waals surface area contributed by atoms with E-state index < -0.39 is 10.0 Å². The minimum Gasteiger partial charge on any atom is -0.398 e. The van der Waals surface area contributed by atoms with Crippen LogP contribution in [0.3, 0.4) is 0 Å². The zero-order valence-corrected chi connectivity index (χ0v) is 12.0. The van der Waals surface area contributed by atoms with Crippen molar-refractivity contribution in [1.29, 1.82) is 0 Å². The number of anilines is 1. The molecule has 1 saturated carbocycles. The molecule has 0 heterocycles. The Morgan fingerprint density at radius 1 is 1.42 bits per heavy atom. The molecule has 1 aromatic rings. The summed E-state index contributed by atoms with van der Waals surface area (Å²) in [5, 5.41) is 9.47. The Morgan fingerprint density at radius 2 is 2.11 bits per heavy atom. The van der Waals surface area contributed by atoms with E-state index in [1.165, 1.54) is 22.5 Å². The molecule has 5 nitrogen and oxygen atoms in total. The van der Waals surface area contributed by atoms with E-state index >= 15 is 0 Å².